The van der Waals surface area contributed by atoms with Crippen LogP contribution in [0.4, 0.5) is 5.82 Å². The monoisotopic (exact) mass is 580 g/mol. The molecule has 0 aliphatic carbocycles. The van der Waals surface area contributed by atoms with Crippen LogP contribution in [-0.4, -0.2) is 28.9 Å². The van der Waals surface area contributed by atoms with Crippen LogP contribution >= 0.6 is 11.6 Å². The molecule has 1 atom stereocenters. The molecule has 0 fully saturated rings. The van der Waals surface area contributed by atoms with E-state index in [2.05, 4.69) is 5.32 Å². The number of aromatic nitrogens is 3. The van der Waals surface area contributed by atoms with Crippen LogP contribution in [0.25, 0.3) is 22.2 Å². The number of hydrogen-bond donors (Lipinski definition) is 1. The quantitative estimate of drug-likeness (QED) is 0.224. The van der Waals surface area contributed by atoms with E-state index in [1.165, 1.54) is 0 Å². The Kier molecular flexibility index (Phi) is 6.81. The molecule has 6 aromatic rings. The van der Waals surface area contributed by atoms with Gasteiger partial charge < -0.3 is 9.88 Å². The van der Waals surface area contributed by atoms with Crippen molar-refractivity contribution >= 4 is 55.4 Å². The molecule has 204 valence electrons. The van der Waals surface area contributed by atoms with E-state index in [9.17, 15) is 13.2 Å². The molecule has 0 aliphatic heterocycles. The lowest BCUT2D eigenvalue weighted by molar-refractivity contribution is 0.102. The Hall–Kier alpha value is -4.53. The second kappa shape index (κ2) is 10.5. The Morgan fingerprint density at radius 1 is 0.829 bits per heavy atom. The van der Waals surface area contributed by atoms with E-state index >= 15 is 0 Å². The van der Waals surface area contributed by atoms with E-state index in [0.717, 1.165) is 11.1 Å². The molecule has 7 nitrogen and oxygen atoms in total. The number of aryl methyl sites for hydroxylation is 1. The first-order valence-corrected chi connectivity index (χ1v) is 14.8. The molecular weight excluding hydrogens is 556 g/mol. The van der Waals surface area contributed by atoms with Crippen LogP contribution in [0.15, 0.2) is 113 Å². The fraction of sp³-hybridized carbons (Fsp3) is 0.0938. The van der Waals surface area contributed by atoms with Crippen LogP contribution < -0.4 is 5.32 Å². The molecular formula is C32H25ClN4O3S. The number of carbonyl (C=O) groups excluding carboxylic acids is 1. The number of amides is 1. The minimum absolute atomic E-state index is 0.0893. The molecule has 0 saturated carbocycles. The summed E-state index contributed by atoms with van der Waals surface area (Å²) in [5.74, 6) is -0.400. The minimum atomic E-state index is -4.17. The zero-order valence-corrected chi connectivity index (χ0v) is 23.8. The lowest BCUT2D eigenvalue weighted by Crippen LogP contribution is -2.19. The first-order chi connectivity index (χ1) is 19.7. The van der Waals surface area contributed by atoms with Gasteiger partial charge in [-0.15, -0.1) is 0 Å². The summed E-state index contributed by atoms with van der Waals surface area (Å²) in [5, 5.41) is 3.40. The van der Waals surface area contributed by atoms with Gasteiger partial charge in [-0.2, -0.15) is 0 Å². The van der Waals surface area contributed by atoms with E-state index in [1.807, 2.05) is 62.4 Å². The molecule has 1 amide bonds. The highest BCUT2D eigenvalue weighted by molar-refractivity contribution is 7.92. The van der Waals surface area contributed by atoms with Gasteiger partial charge in [0.15, 0.2) is 5.65 Å². The van der Waals surface area contributed by atoms with E-state index < -0.39 is 21.8 Å². The SMILES string of the molecule is Cc1ccc(S(=O)(=O)c2c(NC(=O)c3ccc(Cl)cc3)n([C@@H](C)c3ccccc3)c3nc4ccccc4nc23)cc1. The van der Waals surface area contributed by atoms with Crippen molar-refractivity contribution in [2.24, 2.45) is 0 Å². The highest BCUT2D eigenvalue weighted by Gasteiger charge is 2.34. The third kappa shape index (κ3) is 4.85. The number of halogens is 1. The van der Waals surface area contributed by atoms with Crippen molar-refractivity contribution in [1.82, 2.24) is 14.5 Å². The van der Waals surface area contributed by atoms with Gasteiger partial charge in [0.25, 0.3) is 5.91 Å². The highest BCUT2D eigenvalue weighted by atomic mass is 35.5. The summed E-state index contributed by atoms with van der Waals surface area (Å²) in [6.07, 6.45) is 0. The number of anilines is 1. The average molecular weight is 581 g/mol. The first kappa shape index (κ1) is 26.7. The summed E-state index contributed by atoms with van der Waals surface area (Å²) in [4.78, 5) is 23.3. The molecule has 6 rings (SSSR count). The molecule has 0 bridgehead atoms. The third-order valence-electron chi connectivity index (χ3n) is 7.06. The number of rotatable bonds is 6. The maximum absolute atomic E-state index is 14.4. The van der Waals surface area contributed by atoms with Crippen molar-refractivity contribution < 1.29 is 13.2 Å². The number of nitrogens with one attached hydrogen (secondary N) is 1. The summed E-state index contributed by atoms with van der Waals surface area (Å²) in [5.41, 5.74) is 3.82. The molecule has 1 N–H and O–H groups in total. The lowest BCUT2D eigenvalue weighted by Gasteiger charge is -2.20. The molecule has 4 aromatic carbocycles. The summed E-state index contributed by atoms with van der Waals surface area (Å²) in [6.45, 7) is 3.82. The van der Waals surface area contributed by atoms with Crippen LogP contribution in [0.2, 0.25) is 5.02 Å². The fourth-order valence-corrected chi connectivity index (χ4v) is 6.54. The number of hydrogen-bond acceptors (Lipinski definition) is 5. The molecule has 0 saturated heterocycles. The topological polar surface area (TPSA) is 94.0 Å². The van der Waals surface area contributed by atoms with E-state index in [4.69, 9.17) is 21.6 Å². The van der Waals surface area contributed by atoms with Crippen molar-refractivity contribution in [2.45, 2.75) is 29.7 Å². The summed E-state index contributed by atoms with van der Waals surface area (Å²) in [6, 6.07) is 29.5. The second-order valence-electron chi connectivity index (χ2n) is 9.80. The predicted molar refractivity (Wildman–Crippen MR) is 161 cm³/mol. The molecule has 41 heavy (non-hydrogen) atoms. The van der Waals surface area contributed by atoms with Crippen molar-refractivity contribution in [3.05, 3.63) is 125 Å². The Balaban J connectivity index is 1.69. The third-order valence-corrected chi connectivity index (χ3v) is 9.13. The van der Waals surface area contributed by atoms with Crippen molar-refractivity contribution in [3.63, 3.8) is 0 Å². The maximum atomic E-state index is 14.4. The number of nitrogens with zero attached hydrogens (tertiary/aromatic N) is 3. The van der Waals surface area contributed by atoms with Gasteiger partial charge in [-0.1, -0.05) is 71.8 Å². The standard InChI is InChI=1S/C32H25ClN4O3S/c1-20-12-18-25(19-13-20)41(39,40)29-28-30(35-27-11-7-6-10-26(27)34-28)37(21(2)22-8-4-3-5-9-22)31(29)36-32(38)23-14-16-24(33)17-15-23/h3-19,21H,1-2H3,(H,36,38)/t21-/m0/s1. The van der Waals surface area contributed by atoms with Crippen LogP contribution in [0, 0.1) is 6.92 Å². The first-order valence-electron chi connectivity index (χ1n) is 13.0. The van der Waals surface area contributed by atoms with Crippen LogP contribution in [0.3, 0.4) is 0 Å². The van der Waals surface area contributed by atoms with Gasteiger partial charge in [-0.3, -0.25) is 4.79 Å². The van der Waals surface area contributed by atoms with E-state index in [-0.39, 0.29) is 21.1 Å². The largest absolute Gasteiger partial charge is 0.307 e. The molecule has 2 heterocycles. The smallest absolute Gasteiger partial charge is 0.256 e. The van der Waals surface area contributed by atoms with Crippen LogP contribution in [0.5, 0.6) is 0 Å². The van der Waals surface area contributed by atoms with Crippen LogP contribution in [-0.2, 0) is 9.84 Å². The molecule has 2 aromatic heterocycles. The molecule has 0 radical (unpaired) electrons. The van der Waals surface area contributed by atoms with Gasteiger partial charge in [0.05, 0.1) is 22.0 Å². The average Bonchev–Trinajstić information content (AvgIpc) is 3.29. The van der Waals surface area contributed by atoms with Crippen LogP contribution in [0.1, 0.15) is 34.5 Å². The van der Waals surface area contributed by atoms with Gasteiger partial charge in [-0.25, -0.2) is 18.4 Å². The Morgan fingerprint density at radius 3 is 2.10 bits per heavy atom. The minimum Gasteiger partial charge on any atom is -0.307 e. The Bertz CT molecular complexity index is 2020. The summed E-state index contributed by atoms with van der Waals surface area (Å²) >= 11 is 6.05. The number of sulfone groups is 1. The molecule has 0 unspecified atom stereocenters. The summed E-state index contributed by atoms with van der Waals surface area (Å²) in [7, 11) is -4.17. The van der Waals surface area contributed by atoms with Gasteiger partial charge >= 0.3 is 0 Å². The highest BCUT2D eigenvalue weighted by Crippen LogP contribution is 2.40. The van der Waals surface area contributed by atoms with Gasteiger partial charge in [0, 0.05) is 10.6 Å². The summed E-state index contributed by atoms with van der Waals surface area (Å²) < 4.78 is 30.6. The van der Waals surface area contributed by atoms with Gasteiger partial charge in [-0.05, 0) is 67.9 Å². The second-order valence-corrected chi connectivity index (χ2v) is 12.1. The van der Waals surface area contributed by atoms with Gasteiger partial charge in [0.2, 0.25) is 9.84 Å². The van der Waals surface area contributed by atoms with Crippen molar-refractivity contribution in [3.8, 4) is 0 Å². The Morgan fingerprint density at radius 2 is 1.44 bits per heavy atom. The maximum Gasteiger partial charge on any atom is 0.256 e. The molecule has 0 spiro atoms. The predicted octanol–water partition coefficient (Wildman–Crippen LogP) is 7.24. The number of fused-ring (bicyclic) bond motifs is 2. The number of benzene rings is 4. The van der Waals surface area contributed by atoms with Crippen molar-refractivity contribution in [1.29, 1.82) is 0 Å². The lowest BCUT2D eigenvalue weighted by atomic mass is 10.1. The molecule has 9 heteroatoms. The Labute approximate surface area is 242 Å². The van der Waals surface area contributed by atoms with Crippen molar-refractivity contribution in [2.75, 3.05) is 5.32 Å². The number of para-hydroxylation sites is 2. The van der Waals surface area contributed by atoms with Gasteiger partial charge in [0.1, 0.15) is 16.2 Å². The fourth-order valence-electron chi connectivity index (χ4n) is 4.88. The van der Waals surface area contributed by atoms with E-state index in [0.29, 0.717) is 27.3 Å². The van der Waals surface area contributed by atoms with E-state index in [1.54, 1.807) is 59.2 Å². The zero-order chi connectivity index (χ0) is 28.7. The number of carbonyl (C=O) groups is 1. The molecule has 0 aliphatic rings. The normalized spacial score (nSPS) is 12.5. The zero-order valence-electron chi connectivity index (χ0n) is 22.2.